The van der Waals surface area contributed by atoms with Crippen molar-refractivity contribution in [3.8, 4) is 0 Å². The molecule has 7 heteroatoms. The molecule has 0 bridgehead atoms. The van der Waals surface area contributed by atoms with E-state index in [1.165, 1.54) is 18.9 Å². The highest BCUT2D eigenvalue weighted by atomic mass is 19.1. The van der Waals surface area contributed by atoms with Crippen LogP contribution in [0.5, 0.6) is 0 Å². The molecule has 2 N–H and O–H groups in total. The van der Waals surface area contributed by atoms with Gasteiger partial charge in [-0.1, -0.05) is 44.9 Å². The van der Waals surface area contributed by atoms with Crippen LogP contribution in [0, 0.1) is 17.0 Å². The van der Waals surface area contributed by atoms with Crippen molar-refractivity contribution in [2.24, 2.45) is 16.1 Å². The molecule has 0 radical (unpaired) electrons. The summed E-state index contributed by atoms with van der Waals surface area (Å²) in [6.07, 6.45) is 8.15. The van der Waals surface area contributed by atoms with Crippen LogP contribution in [-0.2, 0) is 6.54 Å². The molecule has 1 heterocycles. The molecule has 0 aliphatic heterocycles. The van der Waals surface area contributed by atoms with Crippen LogP contribution in [0.25, 0.3) is 5.70 Å². The van der Waals surface area contributed by atoms with E-state index in [0.717, 1.165) is 25.6 Å². The Hall–Kier alpha value is -2.83. The van der Waals surface area contributed by atoms with Crippen LogP contribution in [0.15, 0.2) is 41.5 Å². The highest BCUT2D eigenvalue weighted by molar-refractivity contribution is 5.99. The number of halogens is 2. The van der Waals surface area contributed by atoms with Gasteiger partial charge in [0.1, 0.15) is 5.82 Å². The minimum atomic E-state index is -0.468. The normalized spacial score (nSPS) is 16.5. The Morgan fingerprint density at radius 3 is 2.61 bits per heavy atom. The number of anilines is 1. The lowest BCUT2D eigenvalue weighted by Crippen LogP contribution is -2.33. The third kappa shape index (κ3) is 5.87. The maximum atomic E-state index is 14.5. The minimum absolute atomic E-state index is 0.169. The maximum absolute atomic E-state index is 14.5. The fourth-order valence-electron chi connectivity index (χ4n) is 4.12. The first kappa shape index (κ1) is 22.8. The van der Waals surface area contributed by atoms with E-state index in [2.05, 4.69) is 21.9 Å². The van der Waals surface area contributed by atoms with Crippen molar-refractivity contribution in [3.05, 3.63) is 59.6 Å². The van der Waals surface area contributed by atoms with Crippen LogP contribution in [0.3, 0.4) is 0 Å². The van der Waals surface area contributed by atoms with Gasteiger partial charge in [0.25, 0.3) is 0 Å². The van der Waals surface area contributed by atoms with E-state index in [1.807, 2.05) is 18.9 Å². The van der Waals surface area contributed by atoms with Crippen molar-refractivity contribution >= 4 is 17.2 Å². The second-order valence-corrected chi connectivity index (χ2v) is 8.59. The van der Waals surface area contributed by atoms with Crippen LogP contribution in [0.1, 0.15) is 57.3 Å². The predicted octanol–water partition coefficient (Wildman–Crippen LogP) is 5.12. The first-order valence-electron chi connectivity index (χ1n) is 10.8. The van der Waals surface area contributed by atoms with Gasteiger partial charge < -0.3 is 10.6 Å². The Morgan fingerprint density at radius 2 is 1.94 bits per heavy atom. The predicted molar refractivity (Wildman–Crippen MR) is 122 cm³/mol. The number of rotatable bonds is 8. The lowest BCUT2D eigenvalue weighted by atomic mass is 9.88. The first-order chi connectivity index (χ1) is 14.8. The van der Waals surface area contributed by atoms with Crippen LogP contribution in [-0.4, -0.2) is 29.3 Å². The van der Waals surface area contributed by atoms with Gasteiger partial charge >= 0.3 is 0 Å². The second-order valence-electron chi connectivity index (χ2n) is 8.59. The van der Waals surface area contributed by atoms with E-state index in [0.29, 0.717) is 23.4 Å². The molecule has 1 aliphatic rings. The summed E-state index contributed by atoms with van der Waals surface area (Å²) in [6, 6.07) is 6.54. The molecule has 1 aromatic heterocycles. The molecule has 0 spiro atoms. The van der Waals surface area contributed by atoms with Gasteiger partial charge in [-0.3, -0.25) is 4.99 Å². The number of nitrogens with two attached hydrogens (primary N) is 1. The van der Waals surface area contributed by atoms with Gasteiger partial charge in [0.2, 0.25) is 0 Å². The average Bonchev–Trinajstić information content (AvgIpc) is 3.18. The van der Waals surface area contributed by atoms with Gasteiger partial charge in [-0.15, -0.1) is 0 Å². The lowest BCUT2D eigenvalue weighted by molar-refractivity contribution is 0.342. The van der Waals surface area contributed by atoms with E-state index in [9.17, 15) is 8.78 Å². The van der Waals surface area contributed by atoms with Crippen molar-refractivity contribution in [1.29, 1.82) is 0 Å². The fourth-order valence-corrected chi connectivity index (χ4v) is 4.12. The quantitative estimate of drug-likeness (QED) is 0.594. The molecular weight excluding hydrogens is 396 g/mol. The largest absolute Gasteiger partial charge is 0.396 e. The van der Waals surface area contributed by atoms with Gasteiger partial charge in [0, 0.05) is 24.9 Å². The molecule has 0 atom stereocenters. The number of nitrogens with zero attached hydrogens (tertiary/aromatic N) is 4. The molecular formula is C24H31F2N5. The van der Waals surface area contributed by atoms with Gasteiger partial charge in [0.05, 0.1) is 18.4 Å². The van der Waals surface area contributed by atoms with Crippen molar-refractivity contribution in [2.45, 2.75) is 52.5 Å². The zero-order valence-corrected chi connectivity index (χ0v) is 18.5. The Bertz CT molecular complexity index is 964. The zero-order chi connectivity index (χ0) is 22.4. The van der Waals surface area contributed by atoms with Crippen molar-refractivity contribution < 1.29 is 8.78 Å². The third-order valence-corrected chi connectivity index (χ3v) is 5.87. The second kappa shape index (κ2) is 9.98. The molecule has 2 aromatic rings. The summed E-state index contributed by atoms with van der Waals surface area (Å²) in [5.74, 6) is -0.253. The molecule has 1 saturated carbocycles. The van der Waals surface area contributed by atoms with E-state index in [-0.39, 0.29) is 29.4 Å². The van der Waals surface area contributed by atoms with Crippen LogP contribution < -0.4 is 10.6 Å². The van der Waals surface area contributed by atoms with E-state index in [1.54, 1.807) is 24.3 Å². The number of aliphatic imine (C=N–C) groups is 1. The molecule has 3 rings (SSSR count). The third-order valence-electron chi connectivity index (χ3n) is 5.87. The van der Waals surface area contributed by atoms with E-state index in [4.69, 9.17) is 5.73 Å². The smallest absolute Gasteiger partial charge is 0.183 e. The lowest BCUT2D eigenvalue weighted by Gasteiger charge is -2.30. The Morgan fingerprint density at radius 1 is 1.23 bits per heavy atom. The molecule has 1 fully saturated rings. The van der Waals surface area contributed by atoms with Crippen LogP contribution in [0.2, 0.25) is 0 Å². The van der Waals surface area contributed by atoms with Gasteiger partial charge in [-0.25, -0.2) is 18.7 Å². The van der Waals surface area contributed by atoms with Gasteiger partial charge in [-0.05, 0) is 36.8 Å². The summed E-state index contributed by atoms with van der Waals surface area (Å²) < 4.78 is 28.3. The zero-order valence-electron chi connectivity index (χ0n) is 18.5. The highest BCUT2D eigenvalue weighted by Gasteiger charge is 2.31. The maximum Gasteiger partial charge on any atom is 0.183 e. The SMILES string of the molecule is CCC(C=C(N)c1ncc(F)c(N(C)CC2(C)CCCC2)n1)=NCc1ccccc1F. The van der Waals surface area contributed by atoms with Crippen LogP contribution >= 0.6 is 0 Å². The van der Waals surface area contributed by atoms with E-state index >= 15 is 0 Å². The number of allylic oxidation sites excluding steroid dienone is 1. The van der Waals surface area contributed by atoms with Crippen molar-refractivity contribution in [3.63, 3.8) is 0 Å². The fraction of sp³-hybridized carbons (Fsp3) is 0.458. The average molecular weight is 428 g/mol. The molecule has 1 aromatic carbocycles. The molecule has 31 heavy (non-hydrogen) atoms. The van der Waals surface area contributed by atoms with Gasteiger partial charge in [-0.2, -0.15) is 0 Å². The number of benzene rings is 1. The molecule has 0 unspecified atom stereocenters. The highest BCUT2D eigenvalue weighted by Crippen LogP contribution is 2.38. The Balaban J connectivity index is 1.79. The topological polar surface area (TPSA) is 67.4 Å². The Kier molecular flexibility index (Phi) is 7.36. The van der Waals surface area contributed by atoms with E-state index < -0.39 is 5.82 Å². The summed E-state index contributed by atoms with van der Waals surface area (Å²) in [5.41, 5.74) is 7.90. The standard InChI is InChI=1S/C24H31F2N5/c1-4-18(28-14-17-9-5-6-10-19(17)25)13-21(27)22-29-15-20(26)23(30-22)31(3)16-24(2)11-7-8-12-24/h5-6,9-10,13,15H,4,7-8,11-12,14,16,27H2,1-3H3. The summed E-state index contributed by atoms with van der Waals surface area (Å²) >= 11 is 0. The van der Waals surface area contributed by atoms with Crippen LogP contribution in [0.4, 0.5) is 14.6 Å². The molecule has 166 valence electrons. The molecule has 5 nitrogen and oxygen atoms in total. The minimum Gasteiger partial charge on any atom is -0.396 e. The molecule has 0 saturated heterocycles. The first-order valence-corrected chi connectivity index (χ1v) is 10.8. The van der Waals surface area contributed by atoms with Gasteiger partial charge in [0.15, 0.2) is 17.5 Å². The summed E-state index contributed by atoms with van der Waals surface area (Å²) in [6.45, 7) is 5.13. The summed E-state index contributed by atoms with van der Waals surface area (Å²) in [5, 5.41) is 0. The van der Waals surface area contributed by atoms with Crippen molar-refractivity contribution in [1.82, 2.24) is 9.97 Å². The van der Waals surface area contributed by atoms with Crippen molar-refractivity contribution in [2.75, 3.05) is 18.5 Å². The molecule has 0 amide bonds. The number of hydrogen-bond acceptors (Lipinski definition) is 5. The monoisotopic (exact) mass is 427 g/mol. The molecule has 1 aliphatic carbocycles. The number of hydrogen-bond donors (Lipinski definition) is 1. The summed E-state index contributed by atoms with van der Waals surface area (Å²) in [7, 11) is 1.85. The summed E-state index contributed by atoms with van der Waals surface area (Å²) in [4.78, 5) is 14.8. The number of aromatic nitrogens is 2. The Labute approximate surface area is 183 Å².